The molecule has 0 heterocycles. The van der Waals surface area contributed by atoms with Gasteiger partial charge in [-0.15, -0.1) is 0 Å². The van der Waals surface area contributed by atoms with Crippen molar-refractivity contribution < 1.29 is 4.74 Å². The molecule has 0 saturated heterocycles. The quantitative estimate of drug-likeness (QED) is 0.698. The normalized spacial score (nSPS) is 12.6. The highest BCUT2D eigenvalue weighted by atomic mass is 16.5. The van der Waals surface area contributed by atoms with E-state index in [-0.39, 0.29) is 0 Å². The topological polar surface area (TPSA) is 21.3 Å². The molecule has 1 atom stereocenters. The van der Waals surface area contributed by atoms with Crippen molar-refractivity contribution in [2.75, 3.05) is 19.8 Å². The fourth-order valence-corrected chi connectivity index (χ4v) is 1.96. The first-order chi connectivity index (χ1) is 8.31. The van der Waals surface area contributed by atoms with E-state index in [0.717, 1.165) is 32.6 Å². The Balaban J connectivity index is 2.60. The molecule has 1 N–H and O–H groups in total. The van der Waals surface area contributed by atoms with Gasteiger partial charge in [0.25, 0.3) is 0 Å². The average molecular weight is 235 g/mol. The molecule has 0 aliphatic rings. The maximum Gasteiger partial charge on any atom is 0.0484 e. The molecule has 2 nitrogen and oxygen atoms in total. The van der Waals surface area contributed by atoms with Gasteiger partial charge in [-0.3, -0.25) is 0 Å². The number of hydrogen-bond donors (Lipinski definition) is 1. The SMILES string of the molecule is CCNC(CCOCC)c1ccc(CC)cc1. The maximum atomic E-state index is 5.44. The predicted molar refractivity (Wildman–Crippen MR) is 73.3 cm³/mol. The summed E-state index contributed by atoms with van der Waals surface area (Å²) in [6.45, 7) is 8.99. The third kappa shape index (κ3) is 4.88. The molecule has 0 bridgehead atoms. The Labute approximate surface area is 105 Å². The lowest BCUT2D eigenvalue weighted by Gasteiger charge is -2.18. The van der Waals surface area contributed by atoms with Crippen LogP contribution in [0.3, 0.4) is 0 Å². The summed E-state index contributed by atoms with van der Waals surface area (Å²) in [5.41, 5.74) is 2.76. The van der Waals surface area contributed by atoms with Crippen molar-refractivity contribution in [3.05, 3.63) is 35.4 Å². The van der Waals surface area contributed by atoms with Crippen molar-refractivity contribution in [3.63, 3.8) is 0 Å². The predicted octanol–water partition coefficient (Wildman–Crippen LogP) is 3.33. The van der Waals surface area contributed by atoms with Crippen LogP contribution in [0.25, 0.3) is 0 Å². The summed E-state index contributed by atoms with van der Waals surface area (Å²) in [4.78, 5) is 0. The van der Waals surface area contributed by atoms with Crippen LogP contribution in [0.2, 0.25) is 0 Å². The summed E-state index contributed by atoms with van der Waals surface area (Å²) in [6, 6.07) is 9.33. The van der Waals surface area contributed by atoms with Gasteiger partial charge in [0.1, 0.15) is 0 Å². The van der Waals surface area contributed by atoms with E-state index in [2.05, 4.69) is 43.4 Å². The molecule has 96 valence electrons. The van der Waals surface area contributed by atoms with Gasteiger partial charge in [-0.25, -0.2) is 0 Å². The minimum atomic E-state index is 0.414. The van der Waals surface area contributed by atoms with Crippen LogP contribution in [0.1, 0.15) is 44.4 Å². The molecule has 0 saturated carbocycles. The summed E-state index contributed by atoms with van der Waals surface area (Å²) in [7, 11) is 0. The zero-order chi connectivity index (χ0) is 12.5. The number of ether oxygens (including phenoxy) is 1. The molecule has 1 unspecified atom stereocenters. The van der Waals surface area contributed by atoms with Crippen LogP contribution in [0.5, 0.6) is 0 Å². The molecule has 17 heavy (non-hydrogen) atoms. The molecular formula is C15H25NO. The van der Waals surface area contributed by atoms with Gasteiger partial charge in [-0.2, -0.15) is 0 Å². The third-order valence-electron chi connectivity index (χ3n) is 3.00. The van der Waals surface area contributed by atoms with E-state index >= 15 is 0 Å². The van der Waals surface area contributed by atoms with Gasteiger partial charge in [0.05, 0.1) is 0 Å². The fourth-order valence-electron chi connectivity index (χ4n) is 1.96. The van der Waals surface area contributed by atoms with Crippen molar-refractivity contribution in [1.82, 2.24) is 5.32 Å². The first-order valence-corrected chi connectivity index (χ1v) is 6.71. The first kappa shape index (κ1) is 14.2. The molecule has 1 aromatic rings. The van der Waals surface area contributed by atoms with Crippen molar-refractivity contribution in [3.8, 4) is 0 Å². The average Bonchev–Trinajstić information content (AvgIpc) is 2.38. The minimum absolute atomic E-state index is 0.414. The molecule has 0 amide bonds. The van der Waals surface area contributed by atoms with E-state index in [1.807, 2.05) is 6.92 Å². The van der Waals surface area contributed by atoms with Gasteiger partial charge in [0.2, 0.25) is 0 Å². The van der Waals surface area contributed by atoms with Crippen molar-refractivity contribution in [2.45, 2.75) is 39.7 Å². The number of aryl methyl sites for hydroxylation is 1. The zero-order valence-corrected chi connectivity index (χ0v) is 11.3. The Morgan fingerprint density at radius 2 is 1.82 bits per heavy atom. The van der Waals surface area contributed by atoms with Crippen LogP contribution in [0.15, 0.2) is 24.3 Å². The van der Waals surface area contributed by atoms with E-state index < -0.39 is 0 Å². The van der Waals surface area contributed by atoms with Crippen LogP contribution in [0, 0.1) is 0 Å². The first-order valence-electron chi connectivity index (χ1n) is 6.71. The smallest absolute Gasteiger partial charge is 0.0484 e. The van der Waals surface area contributed by atoms with Crippen LogP contribution in [0.4, 0.5) is 0 Å². The van der Waals surface area contributed by atoms with Crippen molar-refractivity contribution >= 4 is 0 Å². The number of hydrogen-bond acceptors (Lipinski definition) is 2. The van der Waals surface area contributed by atoms with E-state index in [9.17, 15) is 0 Å². The summed E-state index contributed by atoms with van der Waals surface area (Å²) < 4.78 is 5.44. The molecule has 0 aliphatic carbocycles. The third-order valence-corrected chi connectivity index (χ3v) is 3.00. The Kier molecular flexibility index (Phi) is 6.90. The highest BCUT2D eigenvalue weighted by Crippen LogP contribution is 2.17. The second kappa shape index (κ2) is 8.26. The molecule has 0 radical (unpaired) electrons. The Morgan fingerprint density at radius 1 is 1.12 bits per heavy atom. The summed E-state index contributed by atoms with van der Waals surface area (Å²) in [5, 5.41) is 3.52. The maximum absolute atomic E-state index is 5.44. The molecule has 2 heteroatoms. The lowest BCUT2D eigenvalue weighted by atomic mass is 10.0. The van der Waals surface area contributed by atoms with Crippen LogP contribution in [-0.4, -0.2) is 19.8 Å². The summed E-state index contributed by atoms with van der Waals surface area (Å²) in [6.07, 6.45) is 2.14. The van der Waals surface area contributed by atoms with Crippen molar-refractivity contribution in [2.24, 2.45) is 0 Å². The van der Waals surface area contributed by atoms with Crippen LogP contribution >= 0.6 is 0 Å². The van der Waals surface area contributed by atoms with Gasteiger partial charge in [0, 0.05) is 19.3 Å². The lowest BCUT2D eigenvalue weighted by Crippen LogP contribution is -2.22. The monoisotopic (exact) mass is 235 g/mol. The van der Waals surface area contributed by atoms with Crippen LogP contribution in [-0.2, 0) is 11.2 Å². The largest absolute Gasteiger partial charge is 0.382 e. The minimum Gasteiger partial charge on any atom is -0.382 e. The van der Waals surface area contributed by atoms with E-state index in [4.69, 9.17) is 4.74 Å². The fraction of sp³-hybridized carbons (Fsp3) is 0.600. The number of benzene rings is 1. The second-order valence-electron chi connectivity index (χ2n) is 4.19. The van der Waals surface area contributed by atoms with Gasteiger partial charge in [-0.05, 0) is 37.4 Å². The zero-order valence-electron chi connectivity index (χ0n) is 11.3. The molecule has 0 spiro atoms. The molecule has 1 rings (SSSR count). The number of nitrogens with one attached hydrogen (secondary N) is 1. The summed E-state index contributed by atoms with van der Waals surface area (Å²) >= 11 is 0. The van der Waals surface area contributed by atoms with E-state index in [0.29, 0.717) is 6.04 Å². The molecule has 0 aliphatic heterocycles. The molecule has 1 aromatic carbocycles. The lowest BCUT2D eigenvalue weighted by molar-refractivity contribution is 0.136. The summed E-state index contributed by atoms with van der Waals surface area (Å²) in [5.74, 6) is 0. The standard InChI is InChI=1S/C15H25NO/c1-4-13-7-9-14(10-8-13)15(16-5-2)11-12-17-6-3/h7-10,15-16H,4-6,11-12H2,1-3H3. The van der Waals surface area contributed by atoms with Gasteiger partial charge in [-0.1, -0.05) is 38.1 Å². The van der Waals surface area contributed by atoms with Gasteiger partial charge in [0.15, 0.2) is 0 Å². The van der Waals surface area contributed by atoms with E-state index in [1.54, 1.807) is 0 Å². The van der Waals surface area contributed by atoms with Crippen LogP contribution < -0.4 is 5.32 Å². The Bertz CT molecular complexity index is 294. The highest BCUT2D eigenvalue weighted by molar-refractivity contribution is 5.25. The number of rotatable bonds is 8. The molecule has 0 aromatic heterocycles. The van der Waals surface area contributed by atoms with Gasteiger partial charge < -0.3 is 10.1 Å². The van der Waals surface area contributed by atoms with Crippen molar-refractivity contribution in [1.29, 1.82) is 0 Å². The van der Waals surface area contributed by atoms with E-state index in [1.165, 1.54) is 11.1 Å². The molecular weight excluding hydrogens is 210 g/mol. The Hall–Kier alpha value is -0.860. The van der Waals surface area contributed by atoms with Gasteiger partial charge >= 0.3 is 0 Å². The second-order valence-corrected chi connectivity index (χ2v) is 4.19. The Morgan fingerprint density at radius 3 is 2.35 bits per heavy atom. The highest BCUT2D eigenvalue weighted by Gasteiger charge is 2.09. The molecule has 0 fully saturated rings.